The van der Waals surface area contributed by atoms with Crippen LogP contribution in [0.4, 0.5) is 34.6 Å². The standard InChI is InChI=1S/C21H16F4N2OS2/c22-20(23)29-14-7-5-6-13(12-14)26-19(28)15-8-1-2-9-16(15)27-17-10-3-4-11-18(17)30-21(24)25/h1-12,20-21,27H,(H,26,28). The number of benzene rings is 3. The quantitative estimate of drug-likeness (QED) is 0.278. The minimum Gasteiger partial charge on any atom is -0.354 e. The average molecular weight is 452 g/mol. The molecule has 0 atom stereocenters. The van der Waals surface area contributed by atoms with Crippen LogP contribution in [0.15, 0.2) is 82.6 Å². The van der Waals surface area contributed by atoms with Crippen molar-refractivity contribution in [2.24, 2.45) is 0 Å². The first-order valence-electron chi connectivity index (χ1n) is 8.68. The summed E-state index contributed by atoms with van der Waals surface area (Å²) >= 11 is 0.794. The van der Waals surface area contributed by atoms with Gasteiger partial charge in [-0.15, -0.1) is 0 Å². The summed E-state index contributed by atoms with van der Waals surface area (Å²) in [6.45, 7) is 0. The number of hydrogen-bond acceptors (Lipinski definition) is 4. The molecule has 0 aromatic heterocycles. The molecule has 3 aromatic carbocycles. The maximum Gasteiger partial charge on any atom is 0.288 e. The molecule has 30 heavy (non-hydrogen) atoms. The van der Waals surface area contributed by atoms with E-state index in [1.54, 1.807) is 60.7 Å². The minimum atomic E-state index is -2.58. The molecule has 0 aliphatic rings. The van der Waals surface area contributed by atoms with Gasteiger partial charge in [0, 0.05) is 15.5 Å². The van der Waals surface area contributed by atoms with Crippen molar-refractivity contribution < 1.29 is 22.4 Å². The minimum absolute atomic E-state index is 0.279. The lowest BCUT2D eigenvalue weighted by Crippen LogP contribution is -2.14. The van der Waals surface area contributed by atoms with Crippen LogP contribution in [-0.4, -0.2) is 17.4 Å². The number of halogens is 4. The fourth-order valence-electron chi connectivity index (χ4n) is 2.65. The smallest absolute Gasteiger partial charge is 0.288 e. The lowest BCUT2D eigenvalue weighted by atomic mass is 10.1. The molecule has 3 rings (SSSR count). The number of amides is 1. The molecule has 0 heterocycles. The van der Waals surface area contributed by atoms with E-state index in [-0.39, 0.29) is 5.56 Å². The van der Waals surface area contributed by atoms with Crippen LogP contribution < -0.4 is 10.6 Å². The molecule has 0 saturated heterocycles. The Morgan fingerprint density at radius 2 is 1.43 bits per heavy atom. The number of thioether (sulfide) groups is 2. The Morgan fingerprint density at radius 1 is 0.767 bits per heavy atom. The summed E-state index contributed by atoms with van der Waals surface area (Å²) in [5.41, 5.74) is 1.52. The summed E-state index contributed by atoms with van der Waals surface area (Å²) in [5, 5.41) is 5.71. The van der Waals surface area contributed by atoms with Crippen LogP contribution in [0, 0.1) is 0 Å². The molecule has 0 radical (unpaired) electrons. The van der Waals surface area contributed by atoms with Crippen LogP contribution in [-0.2, 0) is 0 Å². The predicted octanol–water partition coefficient (Wildman–Crippen LogP) is 7.31. The number of rotatable bonds is 8. The third kappa shape index (κ3) is 6.17. The van der Waals surface area contributed by atoms with Crippen molar-refractivity contribution in [2.75, 3.05) is 10.6 Å². The molecule has 1 amide bonds. The van der Waals surface area contributed by atoms with Gasteiger partial charge in [0.25, 0.3) is 17.4 Å². The molecule has 0 saturated carbocycles. The van der Waals surface area contributed by atoms with E-state index in [0.29, 0.717) is 50.4 Å². The number of carbonyl (C=O) groups is 1. The molecule has 0 aliphatic carbocycles. The fraction of sp³-hybridized carbons (Fsp3) is 0.0952. The Kier molecular flexibility index (Phi) is 7.64. The Labute approximate surface area is 179 Å². The second-order valence-electron chi connectivity index (χ2n) is 5.91. The van der Waals surface area contributed by atoms with Crippen LogP contribution in [0.5, 0.6) is 0 Å². The van der Waals surface area contributed by atoms with E-state index in [1.807, 2.05) is 0 Å². The number of alkyl halides is 4. The van der Waals surface area contributed by atoms with Crippen molar-refractivity contribution >= 4 is 46.5 Å². The van der Waals surface area contributed by atoms with Gasteiger partial charge in [-0.2, -0.15) is 17.6 Å². The van der Waals surface area contributed by atoms with E-state index in [1.165, 1.54) is 12.1 Å². The van der Waals surface area contributed by atoms with Gasteiger partial charge < -0.3 is 10.6 Å². The van der Waals surface area contributed by atoms with Crippen LogP contribution in [0.2, 0.25) is 0 Å². The van der Waals surface area contributed by atoms with Gasteiger partial charge in [-0.1, -0.05) is 53.9 Å². The van der Waals surface area contributed by atoms with Crippen molar-refractivity contribution in [1.82, 2.24) is 0 Å². The number of para-hydroxylation sites is 2. The molecule has 0 fully saturated rings. The topological polar surface area (TPSA) is 41.1 Å². The van der Waals surface area contributed by atoms with Crippen LogP contribution in [0.25, 0.3) is 0 Å². The van der Waals surface area contributed by atoms with Crippen LogP contribution in [0.1, 0.15) is 10.4 Å². The summed E-state index contributed by atoms with van der Waals surface area (Å²) in [6.07, 6.45) is 0. The van der Waals surface area contributed by atoms with Crippen molar-refractivity contribution in [1.29, 1.82) is 0 Å². The summed E-state index contributed by atoms with van der Waals surface area (Å²) in [5.74, 6) is -5.60. The zero-order chi connectivity index (χ0) is 21.5. The molecule has 2 N–H and O–H groups in total. The van der Waals surface area contributed by atoms with Gasteiger partial charge >= 0.3 is 0 Å². The molecule has 3 nitrogen and oxygen atoms in total. The Morgan fingerprint density at radius 3 is 2.17 bits per heavy atom. The van der Waals surface area contributed by atoms with Crippen LogP contribution in [0.3, 0.4) is 0 Å². The highest BCUT2D eigenvalue weighted by Crippen LogP contribution is 2.34. The van der Waals surface area contributed by atoms with E-state index in [9.17, 15) is 22.4 Å². The lowest BCUT2D eigenvalue weighted by Gasteiger charge is -2.15. The zero-order valence-electron chi connectivity index (χ0n) is 15.3. The highest BCUT2D eigenvalue weighted by molar-refractivity contribution is 7.99. The van der Waals surface area contributed by atoms with Crippen molar-refractivity contribution in [3.05, 3.63) is 78.4 Å². The zero-order valence-corrected chi connectivity index (χ0v) is 17.0. The van der Waals surface area contributed by atoms with Gasteiger partial charge in [-0.3, -0.25) is 4.79 Å². The normalized spacial score (nSPS) is 11.0. The third-order valence-electron chi connectivity index (χ3n) is 3.86. The van der Waals surface area contributed by atoms with Gasteiger partial charge in [0.2, 0.25) is 0 Å². The maximum atomic E-state index is 12.8. The predicted molar refractivity (Wildman–Crippen MR) is 114 cm³/mol. The first-order chi connectivity index (χ1) is 14.4. The summed E-state index contributed by atoms with van der Waals surface area (Å²) < 4.78 is 50.8. The molecule has 3 aromatic rings. The van der Waals surface area contributed by atoms with E-state index < -0.39 is 17.4 Å². The summed E-state index contributed by atoms with van der Waals surface area (Å²) in [4.78, 5) is 13.5. The Bertz CT molecular complexity index is 1020. The summed E-state index contributed by atoms with van der Waals surface area (Å²) in [7, 11) is 0. The molecular formula is C21H16F4N2OS2. The molecule has 156 valence electrons. The Hall–Kier alpha value is -2.65. The van der Waals surface area contributed by atoms with Gasteiger partial charge in [-0.25, -0.2) is 0 Å². The van der Waals surface area contributed by atoms with Gasteiger partial charge in [0.1, 0.15) is 0 Å². The molecule has 0 bridgehead atoms. The third-order valence-corrected chi connectivity index (χ3v) is 5.35. The molecule has 0 aliphatic heterocycles. The van der Waals surface area contributed by atoms with Gasteiger partial charge in [0.15, 0.2) is 0 Å². The number of anilines is 3. The van der Waals surface area contributed by atoms with Gasteiger partial charge in [-0.05, 0) is 42.5 Å². The second kappa shape index (κ2) is 10.4. The molecular weight excluding hydrogens is 436 g/mol. The molecule has 9 heteroatoms. The highest BCUT2D eigenvalue weighted by atomic mass is 32.2. The largest absolute Gasteiger partial charge is 0.354 e. The van der Waals surface area contributed by atoms with Crippen molar-refractivity contribution in [3.8, 4) is 0 Å². The SMILES string of the molecule is O=C(Nc1cccc(SC(F)F)c1)c1ccccc1Nc1ccccc1SC(F)F. The van der Waals surface area contributed by atoms with Crippen molar-refractivity contribution in [2.45, 2.75) is 21.3 Å². The first kappa shape index (κ1) is 22.0. The first-order valence-corrected chi connectivity index (χ1v) is 10.4. The van der Waals surface area contributed by atoms with E-state index in [0.717, 1.165) is 0 Å². The number of hydrogen-bond donors (Lipinski definition) is 2. The summed E-state index contributed by atoms with van der Waals surface area (Å²) in [6, 6.07) is 19.3. The van der Waals surface area contributed by atoms with Gasteiger partial charge in [0.05, 0.1) is 16.9 Å². The van der Waals surface area contributed by atoms with E-state index >= 15 is 0 Å². The lowest BCUT2D eigenvalue weighted by molar-refractivity contribution is 0.102. The Balaban J connectivity index is 1.81. The molecule has 0 spiro atoms. The maximum absolute atomic E-state index is 12.8. The van der Waals surface area contributed by atoms with Crippen molar-refractivity contribution in [3.63, 3.8) is 0 Å². The fourth-order valence-corrected chi connectivity index (χ4v) is 3.81. The monoisotopic (exact) mass is 452 g/mol. The second-order valence-corrected chi connectivity index (χ2v) is 8.00. The number of nitrogens with one attached hydrogen (secondary N) is 2. The average Bonchev–Trinajstić information content (AvgIpc) is 2.69. The van der Waals surface area contributed by atoms with E-state index in [4.69, 9.17) is 0 Å². The van der Waals surface area contributed by atoms with Crippen LogP contribution >= 0.6 is 23.5 Å². The molecule has 0 unspecified atom stereocenters. The van der Waals surface area contributed by atoms with E-state index in [2.05, 4.69) is 10.6 Å². The highest BCUT2D eigenvalue weighted by Gasteiger charge is 2.15. The number of carbonyl (C=O) groups excluding carboxylic acids is 1.